The average Bonchev–Trinajstić information content (AvgIpc) is 2.18. The molecule has 2 heterocycles. The van der Waals surface area contributed by atoms with Gasteiger partial charge in [-0.1, -0.05) is 0 Å². The molecule has 1 aromatic rings. The van der Waals surface area contributed by atoms with E-state index in [2.05, 4.69) is 25.9 Å². The number of Topliss-reactive ketones (excluding diaryl/α,β-unsaturated/α-hetero) is 1. The fraction of sp³-hybridized carbons (Fsp3) is 0.444. The third kappa shape index (κ3) is 1.99. The van der Waals surface area contributed by atoms with Crippen LogP contribution in [0.25, 0.3) is 0 Å². The van der Waals surface area contributed by atoms with Crippen LogP contribution in [-0.2, 0) is 9.53 Å². The van der Waals surface area contributed by atoms with Gasteiger partial charge in [0.05, 0.1) is 24.8 Å². The zero-order chi connectivity index (χ0) is 9.97. The standard InChI is InChI=1S/C9H9BrN2O2/c10-9-11-3-1-7(12-9)6-5-14-4-2-8(6)13/h1,3,6H,2,4-5H2. The van der Waals surface area contributed by atoms with Crippen molar-refractivity contribution in [3.8, 4) is 0 Å². The summed E-state index contributed by atoms with van der Waals surface area (Å²) in [4.78, 5) is 19.6. The number of hydrogen-bond acceptors (Lipinski definition) is 4. The molecule has 1 atom stereocenters. The Morgan fingerprint density at radius 1 is 1.57 bits per heavy atom. The van der Waals surface area contributed by atoms with E-state index in [4.69, 9.17) is 4.74 Å². The van der Waals surface area contributed by atoms with Crippen LogP contribution in [0, 0.1) is 0 Å². The van der Waals surface area contributed by atoms with Crippen LogP contribution in [-0.4, -0.2) is 29.0 Å². The van der Waals surface area contributed by atoms with Crippen LogP contribution in [0.3, 0.4) is 0 Å². The molecule has 1 aromatic heterocycles. The van der Waals surface area contributed by atoms with Crippen LogP contribution in [0.5, 0.6) is 0 Å². The largest absolute Gasteiger partial charge is 0.380 e. The Morgan fingerprint density at radius 3 is 3.14 bits per heavy atom. The van der Waals surface area contributed by atoms with Crippen molar-refractivity contribution < 1.29 is 9.53 Å². The van der Waals surface area contributed by atoms with Crippen LogP contribution in [0.4, 0.5) is 0 Å². The molecule has 2 rings (SSSR count). The summed E-state index contributed by atoms with van der Waals surface area (Å²) in [5, 5.41) is 0. The SMILES string of the molecule is O=C1CCOCC1c1ccnc(Br)n1. The summed E-state index contributed by atoms with van der Waals surface area (Å²) in [7, 11) is 0. The number of halogens is 1. The van der Waals surface area contributed by atoms with Crippen molar-refractivity contribution in [1.29, 1.82) is 0 Å². The quantitative estimate of drug-likeness (QED) is 0.712. The van der Waals surface area contributed by atoms with Crippen LogP contribution in [0.2, 0.25) is 0 Å². The van der Waals surface area contributed by atoms with Crippen molar-refractivity contribution in [3.63, 3.8) is 0 Å². The summed E-state index contributed by atoms with van der Waals surface area (Å²) in [6.45, 7) is 0.962. The lowest BCUT2D eigenvalue weighted by Gasteiger charge is -2.20. The summed E-state index contributed by atoms with van der Waals surface area (Å²) in [6.07, 6.45) is 2.11. The van der Waals surface area contributed by atoms with Gasteiger partial charge >= 0.3 is 0 Å². The van der Waals surface area contributed by atoms with Gasteiger partial charge in [-0.05, 0) is 22.0 Å². The lowest BCUT2D eigenvalue weighted by atomic mass is 9.97. The number of nitrogens with zero attached hydrogens (tertiary/aromatic N) is 2. The molecule has 0 aromatic carbocycles. The first kappa shape index (κ1) is 9.73. The second-order valence-corrected chi connectivity index (χ2v) is 3.80. The number of aromatic nitrogens is 2. The maximum atomic E-state index is 11.6. The maximum Gasteiger partial charge on any atom is 0.196 e. The molecule has 1 aliphatic heterocycles. The molecule has 1 saturated heterocycles. The Balaban J connectivity index is 2.24. The van der Waals surface area contributed by atoms with E-state index in [9.17, 15) is 4.79 Å². The van der Waals surface area contributed by atoms with Gasteiger partial charge in [0.2, 0.25) is 0 Å². The van der Waals surface area contributed by atoms with Gasteiger partial charge in [0.15, 0.2) is 4.73 Å². The number of carbonyl (C=O) groups is 1. The molecular weight excluding hydrogens is 248 g/mol. The first-order valence-electron chi connectivity index (χ1n) is 4.36. The minimum Gasteiger partial charge on any atom is -0.380 e. The molecule has 74 valence electrons. The summed E-state index contributed by atoms with van der Waals surface area (Å²) >= 11 is 3.17. The predicted octanol–water partition coefficient (Wildman–Crippen LogP) is 1.31. The molecule has 1 aliphatic rings. The van der Waals surface area contributed by atoms with Crippen molar-refractivity contribution in [3.05, 3.63) is 22.7 Å². The van der Waals surface area contributed by atoms with Crippen LogP contribution < -0.4 is 0 Å². The van der Waals surface area contributed by atoms with E-state index < -0.39 is 0 Å². The van der Waals surface area contributed by atoms with Crippen LogP contribution >= 0.6 is 15.9 Å². The second kappa shape index (κ2) is 4.14. The predicted molar refractivity (Wildman–Crippen MR) is 52.9 cm³/mol. The number of hydrogen-bond donors (Lipinski definition) is 0. The molecule has 0 amide bonds. The molecule has 4 nitrogen and oxygen atoms in total. The van der Waals surface area contributed by atoms with E-state index in [1.54, 1.807) is 12.3 Å². The molecule has 0 N–H and O–H groups in total. The van der Waals surface area contributed by atoms with Gasteiger partial charge in [-0.15, -0.1) is 0 Å². The van der Waals surface area contributed by atoms with Crippen molar-refractivity contribution in [2.75, 3.05) is 13.2 Å². The monoisotopic (exact) mass is 256 g/mol. The maximum absolute atomic E-state index is 11.6. The smallest absolute Gasteiger partial charge is 0.196 e. The molecule has 0 spiro atoms. The summed E-state index contributed by atoms with van der Waals surface area (Å²) in [5.74, 6) is -0.0232. The van der Waals surface area contributed by atoms with E-state index in [0.717, 1.165) is 5.69 Å². The zero-order valence-corrected chi connectivity index (χ0v) is 9.03. The van der Waals surface area contributed by atoms with Gasteiger partial charge in [-0.25, -0.2) is 9.97 Å². The number of ketones is 1. The van der Waals surface area contributed by atoms with Gasteiger partial charge in [-0.3, -0.25) is 4.79 Å². The lowest BCUT2D eigenvalue weighted by Crippen LogP contribution is -2.26. The van der Waals surface area contributed by atoms with E-state index >= 15 is 0 Å². The Hall–Kier alpha value is -0.810. The normalized spacial score (nSPS) is 22.4. The van der Waals surface area contributed by atoms with Gasteiger partial charge in [0, 0.05) is 12.6 Å². The fourth-order valence-electron chi connectivity index (χ4n) is 1.43. The highest BCUT2D eigenvalue weighted by Crippen LogP contribution is 2.21. The molecule has 0 bridgehead atoms. The molecule has 5 heteroatoms. The van der Waals surface area contributed by atoms with Gasteiger partial charge in [-0.2, -0.15) is 0 Å². The van der Waals surface area contributed by atoms with Gasteiger partial charge in [0.25, 0.3) is 0 Å². The zero-order valence-electron chi connectivity index (χ0n) is 7.44. The first-order chi connectivity index (χ1) is 6.77. The third-order valence-electron chi connectivity index (χ3n) is 2.17. The van der Waals surface area contributed by atoms with Gasteiger partial charge < -0.3 is 4.74 Å². The molecule has 0 aliphatic carbocycles. The molecule has 0 saturated carbocycles. The summed E-state index contributed by atoms with van der Waals surface area (Å²) < 4.78 is 5.76. The van der Waals surface area contributed by atoms with Crippen molar-refractivity contribution in [2.24, 2.45) is 0 Å². The highest BCUT2D eigenvalue weighted by molar-refractivity contribution is 9.10. The van der Waals surface area contributed by atoms with Crippen molar-refractivity contribution in [2.45, 2.75) is 12.3 Å². The Morgan fingerprint density at radius 2 is 2.43 bits per heavy atom. The topological polar surface area (TPSA) is 52.1 Å². The Kier molecular flexibility index (Phi) is 2.88. The number of rotatable bonds is 1. The molecular formula is C9H9BrN2O2. The second-order valence-electron chi connectivity index (χ2n) is 3.09. The third-order valence-corrected chi connectivity index (χ3v) is 2.55. The molecule has 14 heavy (non-hydrogen) atoms. The highest BCUT2D eigenvalue weighted by atomic mass is 79.9. The van der Waals surface area contributed by atoms with Crippen LogP contribution in [0.15, 0.2) is 17.0 Å². The summed E-state index contributed by atoms with van der Waals surface area (Å²) in [6, 6.07) is 1.75. The minimum absolute atomic E-state index is 0.196. The minimum atomic E-state index is -0.219. The van der Waals surface area contributed by atoms with E-state index in [-0.39, 0.29) is 11.7 Å². The van der Waals surface area contributed by atoms with Gasteiger partial charge in [0.1, 0.15) is 5.78 Å². The van der Waals surface area contributed by atoms with Crippen molar-refractivity contribution in [1.82, 2.24) is 9.97 Å². The summed E-state index contributed by atoms with van der Waals surface area (Å²) in [5.41, 5.74) is 0.733. The molecule has 1 fully saturated rings. The van der Waals surface area contributed by atoms with E-state index in [1.165, 1.54) is 0 Å². The fourth-order valence-corrected chi connectivity index (χ4v) is 1.76. The van der Waals surface area contributed by atoms with Crippen LogP contribution in [0.1, 0.15) is 18.0 Å². The Labute approximate surface area is 89.8 Å². The molecule has 0 radical (unpaired) electrons. The van der Waals surface area contributed by atoms with E-state index in [0.29, 0.717) is 24.4 Å². The van der Waals surface area contributed by atoms with E-state index in [1.807, 2.05) is 0 Å². The number of ether oxygens (including phenoxy) is 1. The lowest BCUT2D eigenvalue weighted by molar-refractivity contribution is -0.126. The first-order valence-corrected chi connectivity index (χ1v) is 5.15. The highest BCUT2D eigenvalue weighted by Gasteiger charge is 2.25. The number of carbonyl (C=O) groups excluding carboxylic acids is 1. The van der Waals surface area contributed by atoms with Crippen molar-refractivity contribution >= 4 is 21.7 Å². The average molecular weight is 257 g/mol. The molecule has 1 unspecified atom stereocenters. The Bertz CT molecular complexity index is 356.